The number of aromatic nitrogens is 3. The molecule has 38 heavy (non-hydrogen) atoms. The van der Waals surface area contributed by atoms with Gasteiger partial charge >= 0.3 is 0 Å². The molecule has 1 saturated carbocycles. The molecule has 1 aliphatic carbocycles. The van der Waals surface area contributed by atoms with Gasteiger partial charge in [0.15, 0.2) is 17.5 Å². The van der Waals surface area contributed by atoms with E-state index in [-0.39, 0.29) is 48.0 Å². The van der Waals surface area contributed by atoms with Crippen LogP contribution in [-0.4, -0.2) is 45.7 Å². The number of piperidine rings is 1. The van der Waals surface area contributed by atoms with Crippen LogP contribution in [0.2, 0.25) is 0 Å². The summed E-state index contributed by atoms with van der Waals surface area (Å²) in [5.41, 5.74) is -2.22. The lowest BCUT2D eigenvalue weighted by Gasteiger charge is -2.26. The number of nitrogens with one attached hydrogen (secondary N) is 3. The van der Waals surface area contributed by atoms with Gasteiger partial charge in [-0.15, -0.1) is 0 Å². The zero-order chi connectivity index (χ0) is 27.3. The number of pyridine rings is 1. The maximum absolute atomic E-state index is 15.2. The van der Waals surface area contributed by atoms with E-state index in [1.807, 2.05) is 6.92 Å². The van der Waals surface area contributed by atoms with Crippen LogP contribution in [0.1, 0.15) is 39.7 Å². The molecular weight excluding hydrogens is 504 g/mol. The number of nitrogens with zero attached hydrogens (tertiary/aromatic N) is 3. The third-order valence-corrected chi connectivity index (χ3v) is 7.06. The lowest BCUT2D eigenvalue weighted by Crippen LogP contribution is -2.44. The first kappa shape index (κ1) is 26.1. The van der Waals surface area contributed by atoms with Gasteiger partial charge in [-0.2, -0.15) is 4.98 Å². The third kappa shape index (κ3) is 4.84. The number of alkyl halides is 1. The molecule has 1 aliphatic heterocycles. The molecule has 3 N–H and O–H groups in total. The van der Waals surface area contributed by atoms with Gasteiger partial charge < -0.3 is 16.0 Å². The van der Waals surface area contributed by atoms with Crippen LogP contribution in [0.5, 0.6) is 0 Å². The van der Waals surface area contributed by atoms with Crippen molar-refractivity contribution < 1.29 is 22.4 Å². The maximum atomic E-state index is 15.2. The van der Waals surface area contributed by atoms with Crippen LogP contribution >= 0.6 is 0 Å². The lowest BCUT2D eigenvalue weighted by molar-refractivity contribution is -0.117. The number of hydrogen-bond donors (Lipinski definition) is 3. The first-order valence-corrected chi connectivity index (χ1v) is 12.6. The van der Waals surface area contributed by atoms with Crippen LogP contribution in [0, 0.1) is 29.3 Å². The smallest absolute Gasteiger partial charge is 0.260 e. The van der Waals surface area contributed by atoms with E-state index >= 15 is 4.39 Å². The number of fused-ring (bicyclic) bond motifs is 1. The summed E-state index contributed by atoms with van der Waals surface area (Å²) in [6.07, 6.45) is 1.27. The molecule has 1 unspecified atom stereocenters. The fourth-order valence-electron chi connectivity index (χ4n) is 4.85. The highest BCUT2D eigenvalue weighted by atomic mass is 19.2. The van der Waals surface area contributed by atoms with E-state index in [9.17, 15) is 22.8 Å². The molecule has 5 rings (SSSR count). The average molecular weight is 533 g/mol. The van der Waals surface area contributed by atoms with Gasteiger partial charge in [0, 0.05) is 54.7 Å². The monoisotopic (exact) mass is 532 g/mol. The predicted octanol–water partition coefficient (Wildman–Crippen LogP) is 4.16. The summed E-state index contributed by atoms with van der Waals surface area (Å²) in [5, 5.41) is 8.52. The average Bonchev–Trinajstić information content (AvgIpc) is 3.60. The summed E-state index contributed by atoms with van der Waals surface area (Å²) < 4.78 is 60.1. The van der Waals surface area contributed by atoms with Gasteiger partial charge in [0.1, 0.15) is 17.5 Å². The minimum absolute atomic E-state index is 0.0928. The molecule has 2 fully saturated rings. The zero-order valence-electron chi connectivity index (χ0n) is 21.1. The molecule has 202 valence electrons. The molecule has 3 heterocycles. The van der Waals surface area contributed by atoms with Crippen molar-refractivity contribution in [3.8, 4) is 11.1 Å². The van der Waals surface area contributed by atoms with E-state index in [4.69, 9.17) is 0 Å². The second-order valence-electron chi connectivity index (χ2n) is 10.3. The van der Waals surface area contributed by atoms with Gasteiger partial charge in [-0.1, -0.05) is 6.92 Å². The van der Waals surface area contributed by atoms with Crippen molar-refractivity contribution in [1.82, 2.24) is 19.9 Å². The molecule has 8 nitrogen and oxygen atoms in total. The molecule has 1 amide bonds. The van der Waals surface area contributed by atoms with Gasteiger partial charge in [-0.25, -0.2) is 22.5 Å². The van der Waals surface area contributed by atoms with Crippen molar-refractivity contribution in [3.63, 3.8) is 0 Å². The Morgan fingerprint density at radius 2 is 1.87 bits per heavy atom. The number of carbonyl (C=O) groups excluding carboxylic acids is 1. The topological polar surface area (TPSA) is 101 Å². The molecule has 2 aromatic heterocycles. The minimum atomic E-state index is -1.58. The van der Waals surface area contributed by atoms with Gasteiger partial charge in [0.2, 0.25) is 11.9 Å². The van der Waals surface area contributed by atoms with E-state index in [1.54, 1.807) is 13.8 Å². The third-order valence-electron chi connectivity index (χ3n) is 7.06. The molecule has 12 heteroatoms. The Bertz CT molecular complexity index is 1480. The zero-order valence-corrected chi connectivity index (χ0v) is 21.1. The van der Waals surface area contributed by atoms with Gasteiger partial charge in [0.25, 0.3) is 5.56 Å². The molecule has 1 aromatic carbocycles. The number of amides is 1. The fraction of sp³-hybridized carbons (Fsp3) is 0.462. The van der Waals surface area contributed by atoms with Gasteiger partial charge in [0.05, 0.1) is 5.56 Å². The Kier molecular flexibility index (Phi) is 6.84. The Morgan fingerprint density at radius 3 is 2.53 bits per heavy atom. The number of anilines is 2. The standard InChI is InChI=1S/C26H28F4N6O2/c1-11(2)36-23-13(8-32-26(35-23)33-15-6-14(27)9-31-10-15)5-18(25(36)38)17-7-19(28)22(21(30)20(17)29)34-24(37)16-4-12(16)3/h5,7-8,11-12,14-16,31H,4,6,9-10H2,1-3H3,(H,34,37)(H,32,33,35)/t12-,14+,15+,16?/m1/s1. The van der Waals surface area contributed by atoms with Crippen molar-refractivity contribution in [2.45, 2.75) is 51.9 Å². The molecule has 1 saturated heterocycles. The van der Waals surface area contributed by atoms with Crippen LogP contribution in [0.15, 0.2) is 23.1 Å². The molecule has 3 aromatic rings. The van der Waals surface area contributed by atoms with Crippen molar-refractivity contribution in [3.05, 3.63) is 46.1 Å². The molecule has 0 spiro atoms. The number of benzene rings is 1. The predicted molar refractivity (Wildman–Crippen MR) is 135 cm³/mol. The summed E-state index contributed by atoms with van der Waals surface area (Å²) in [4.78, 5) is 34.4. The summed E-state index contributed by atoms with van der Waals surface area (Å²) in [7, 11) is 0. The van der Waals surface area contributed by atoms with E-state index in [1.165, 1.54) is 16.8 Å². The van der Waals surface area contributed by atoms with E-state index in [0.29, 0.717) is 24.4 Å². The van der Waals surface area contributed by atoms with Gasteiger partial charge in [-0.3, -0.25) is 14.2 Å². The highest BCUT2D eigenvalue weighted by Gasteiger charge is 2.40. The number of carbonyl (C=O) groups is 1. The van der Waals surface area contributed by atoms with Crippen LogP contribution < -0.4 is 21.5 Å². The number of rotatable bonds is 6. The minimum Gasteiger partial charge on any atom is -0.350 e. The van der Waals surface area contributed by atoms with Crippen molar-refractivity contribution in [2.24, 2.45) is 11.8 Å². The normalized spacial score (nSPS) is 23.1. The second kappa shape index (κ2) is 9.97. The first-order valence-electron chi connectivity index (χ1n) is 12.6. The van der Waals surface area contributed by atoms with Crippen LogP contribution in [0.4, 0.5) is 29.2 Å². The Labute approximate surface area is 215 Å². The van der Waals surface area contributed by atoms with Crippen molar-refractivity contribution in [1.29, 1.82) is 0 Å². The summed E-state index contributed by atoms with van der Waals surface area (Å²) >= 11 is 0. The number of halogens is 4. The molecule has 2 aliphatic rings. The summed E-state index contributed by atoms with van der Waals surface area (Å²) in [6, 6.07) is 1.28. The van der Waals surface area contributed by atoms with Crippen LogP contribution in [-0.2, 0) is 4.79 Å². The molecule has 0 bridgehead atoms. The highest BCUT2D eigenvalue weighted by molar-refractivity contribution is 5.95. The second-order valence-corrected chi connectivity index (χ2v) is 10.3. The number of hydrogen-bond acceptors (Lipinski definition) is 6. The first-order chi connectivity index (χ1) is 18.0. The Hall–Kier alpha value is -3.54. The Morgan fingerprint density at radius 1 is 1.13 bits per heavy atom. The van der Waals surface area contributed by atoms with Crippen LogP contribution in [0.25, 0.3) is 22.2 Å². The van der Waals surface area contributed by atoms with Gasteiger partial charge in [-0.05, 0) is 38.3 Å². The summed E-state index contributed by atoms with van der Waals surface area (Å²) in [5.74, 6) is -4.91. The maximum Gasteiger partial charge on any atom is 0.260 e. The summed E-state index contributed by atoms with van der Waals surface area (Å²) in [6.45, 7) is 6.05. The quantitative estimate of drug-likeness (QED) is 0.326. The molecular formula is C26H28F4N6O2. The van der Waals surface area contributed by atoms with E-state index < -0.39 is 52.4 Å². The molecule has 0 radical (unpaired) electrons. The largest absolute Gasteiger partial charge is 0.350 e. The van der Waals surface area contributed by atoms with Crippen molar-refractivity contribution >= 4 is 28.6 Å². The van der Waals surface area contributed by atoms with Crippen LogP contribution in [0.3, 0.4) is 0 Å². The van der Waals surface area contributed by atoms with Crippen molar-refractivity contribution in [2.75, 3.05) is 23.7 Å². The van der Waals surface area contributed by atoms with E-state index in [0.717, 1.165) is 0 Å². The highest BCUT2D eigenvalue weighted by Crippen LogP contribution is 2.39. The SMILES string of the molecule is CC(C)n1c(=O)c(-c2cc(F)c(NC(=O)C3C[C@H]3C)c(F)c2F)cc2cnc(N[C@@H]3CNC[C@@H](F)C3)nc21. The lowest BCUT2D eigenvalue weighted by atomic mass is 10.0. The van der Waals surface area contributed by atoms with E-state index in [2.05, 4.69) is 25.9 Å². The molecule has 4 atom stereocenters. The fourth-order valence-corrected chi connectivity index (χ4v) is 4.85. The Balaban J connectivity index is 1.55.